The zero-order valence-electron chi connectivity index (χ0n) is 18.4. The number of hydrogen-bond donors (Lipinski definition) is 3. The van der Waals surface area contributed by atoms with Crippen LogP contribution in [0.3, 0.4) is 0 Å². The van der Waals surface area contributed by atoms with Crippen LogP contribution in [0.2, 0.25) is 0 Å². The second-order valence-corrected chi connectivity index (χ2v) is 8.80. The molecule has 0 aliphatic heterocycles. The van der Waals surface area contributed by atoms with E-state index in [1.165, 1.54) is 17.9 Å². The van der Waals surface area contributed by atoms with Crippen molar-refractivity contribution in [3.8, 4) is 11.1 Å². The number of anilines is 2. The van der Waals surface area contributed by atoms with Crippen molar-refractivity contribution in [2.45, 2.75) is 5.92 Å². The number of benzene rings is 2. The van der Waals surface area contributed by atoms with E-state index in [0.717, 1.165) is 39.8 Å². The van der Waals surface area contributed by atoms with Gasteiger partial charge >= 0.3 is 12.1 Å². The predicted molar refractivity (Wildman–Crippen MR) is 129 cm³/mol. The number of carbonyl (C=O) groups excluding carboxylic acids is 2. The quantitative estimate of drug-likeness (QED) is 0.370. The molecular weight excluding hydrogens is 470 g/mol. The first-order valence-electron chi connectivity index (χ1n) is 10.6. The lowest BCUT2D eigenvalue weighted by atomic mass is 9.98. The lowest BCUT2D eigenvalue weighted by Gasteiger charge is -2.14. The SMILES string of the molecule is Cn1ncc(C(=O)O)c1NC(=O)c1cnc(NC(=O)OCC2c3ccccc3-c3ccccc32)s1. The van der Waals surface area contributed by atoms with Gasteiger partial charge in [0.2, 0.25) is 0 Å². The predicted octanol–water partition coefficient (Wildman–Crippen LogP) is 4.19. The molecule has 35 heavy (non-hydrogen) atoms. The fourth-order valence-electron chi connectivity index (χ4n) is 4.07. The van der Waals surface area contributed by atoms with Gasteiger partial charge in [-0.3, -0.25) is 14.8 Å². The first-order chi connectivity index (χ1) is 16.9. The molecule has 11 heteroatoms. The van der Waals surface area contributed by atoms with Crippen LogP contribution in [-0.2, 0) is 11.8 Å². The van der Waals surface area contributed by atoms with Crippen molar-refractivity contribution in [3.05, 3.63) is 82.5 Å². The van der Waals surface area contributed by atoms with Crippen LogP contribution in [0.15, 0.2) is 60.9 Å². The molecule has 4 aromatic rings. The molecule has 0 bridgehead atoms. The zero-order valence-corrected chi connectivity index (χ0v) is 19.2. The minimum Gasteiger partial charge on any atom is -0.477 e. The van der Waals surface area contributed by atoms with Crippen LogP contribution in [0.25, 0.3) is 11.1 Å². The molecule has 2 aromatic carbocycles. The molecule has 0 saturated carbocycles. The van der Waals surface area contributed by atoms with E-state index in [9.17, 15) is 19.5 Å². The summed E-state index contributed by atoms with van der Waals surface area (Å²) in [6.07, 6.45) is 1.75. The number of thiazole rings is 1. The third-order valence-corrected chi connectivity index (χ3v) is 6.59. The summed E-state index contributed by atoms with van der Waals surface area (Å²) in [7, 11) is 1.51. The average molecular weight is 490 g/mol. The van der Waals surface area contributed by atoms with E-state index in [4.69, 9.17) is 4.74 Å². The Balaban J connectivity index is 1.22. The van der Waals surface area contributed by atoms with Crippen molar-refractivity contribution >= 4 is 40.3 Å². The summed E-state index contributed by atoms with van der Waals surface area (Å²) in [4.78, 5) is 40.5. The van der Waals surface area contributed by atoms with Crippen molar-refractivity contribution < 1.29 is 24.2 Å². The molecule has 2 aromatic heterocycles. The Morgan fingerprint density at radius 2 is 1.69 bits per heavy atom. The highest BCUT2D eigenvalue weighted by atomic mass is 32.1. The van der Waals surface area contributed by atoms with Crippen LogP contribution >= 0.6 is 11.3 Å². The highest BCUT2D eigenvalue weighted by Gasteiger charge is 2.29. The molecule has 1 aliphatic rings. The van der Waals surface area contributed by atoms with Crippen LogP contribution in [0.4, 0.5) is 15.7 Å². The summed E-state index contributed by atoms with van der Waals surface area (Å²) in [5.41, 5.74) is 4.33. The number of nitrogens with zero attached hydrogens (tertiary/aromatic N) is 3. The van der Waals surface area contributed by atoms with E-state index in [-0.39, 0.29) is 33.9 Å². The first-order valence-corrected chi connectivity index (χ1v) is 11.4. The molecule has 0 fully saturated rings. The zero-order chi connectivity index (χ0) is 24.5. The molecule has 3 N–H and O–H groups in total. The van der Waals surface area contributed by atoms with Crippen LogP contribution < -0.4 is 10.6 Å². The van der Waals surface area contributed by atoms with Gasteiger partial charge in [-0.05, 0) is 22.3 Å². The van der Waals surface area contributed by atoms with E-state index in [1.54, 1.807) is 0 Å². The molecular formula is C24H19N5O5S. The summed E-state index contributed by atoms with van der Waals surface area (Å²) >= 11 is 0.934. The van der Waals surface area contributed by atoms with Crippen molar-refractivity contribution in [2.75, 3.05) is 17.2 Å². The number of carboxylic acids is 1. The van der Waals surface area contributed by atoms with Gasteiger partial charge in [0.05, 0.1) is 12.4 Å². The largest absolute Gasteiger partial charge is 0.477 e. The minimum atomic E-state index is -1.21. The molecule has 5 rings (SSSR count). The number of aromatic nitrogens is 3. The third kappa shape index (κ3) is 4.24. The summed E-state index contributed by atoms with van der Waals surface area (Å²) in [6.45, 7) is 0.150. The van der Waals surface area contributed by atoms with Gasteiger partial charge in [-0.2, -0.15) is 5.10 Å². The maximum atomic E-state index is 12.6. The summed E-state index contributed by atoms with van der Waals surface area (Å²) < 4.78 is 6.74. The lowest BCUT2D eigenvalue weighted by Crippen LogP contribution is -2.17. The van der Waals surface area contributed by atoms with Crippen molar-refractivity contribution in [3.63, 3.8) is 0 Å². The number of aryl methyl sites for hydroxylation is 1. The van der Waals surface area contributed by atoms with Gasteiger partial charge in [0.1, 0.15) is 22.9 Å². The number of hydrogen-bond acceptors (Lipinski definition) is 7. The topological polar surface area (TPSA) is 135 Å². The second kappa shape index (κ2) is 9.03. The number of fused-ring (bicyclic) bond motifs is 3. The van der Waals surface area contributed by atoms with E-state index in [1.807, 2.05) is 36.4 Å². The summed E-state index contributed by atoms with van der Waals surface area (Å²) in [5, 5.41) is 18.3. The fraction of sp³-hybridized carbons (Fsp3) is 0.125. The maximum Gasteiger partial charge on any atom is 0.413 e. The number of rotatable bonds is 6. The molecule has 0 spiro atoms. The molecule has 0 saturated heterocycles. The van der Waals surface area contributed by atoms with Gasteiger partial charge in [-0.15, -0.1) is 0 Å². The lowest BCUT2D eigenvalue weighted by molar-refractivity contribution is 0.0698. The van der Waals surface area contributed by atoms with Gasteiger partial charge in [0.25, 0.3) is 5.91 Å². The average Bonchev–Trinajstić information content (AvgIpc) is 3.54. The van der Waals surface area contributed by atoms with Crippen molar-refractivity contribution in [1.82, 2.24) is 14.8 Å². The second-order valence-electron chi connectivity index (χ2n) is 7.77. The Hall–Kier alpha value is -4.51. The summed E-state index contributed by atoms with van der Waals surface area (Å²) in [6, 6.07) is 16.1. The normalized spacial score (nSPS) is 12.0. The van der Waals surface area contributed by atoms with Gasteiger partial charge in [-0.1, -0.05) is 59.9 Å². The molecule has 0 atom stereocenters. The van der Waals surface area contributed by atoms with E-state index >= 15 is 0 Å². The number of amides is 2. The van der Waals surface area contributed by atoms with Gasteiger partial charge < -0.3 is 15.2 Å². The van der Waals surface area contributed by atoms with E-state index < -0.39 is 18.0 Å². The Morgan fingerprint density at radius 1 is 1.03 bits per heavy atom. The van der Waals surface area contributed by atoms with Crippen LogP contribution in [0.5, 0.6) is 0 Å². The van der Waals surface area contributed by atoms with Gasteiger partial charge in [0.15, 0.2) is 5.13 Å². The highest BCUT2D eigenvalue weighted by molar-refractivity contribution is 7.17. The Labute approximate surface area is 203 Å². The van der Waals surface area contributed by atoms with Crippen LogP contribution in [0.1, 0.15) is 37.1 Å². The van der Waals surface area contributed by atoms with Crippen molar-refractivity contribution in [1.29, 1.82) is 0 Å². The van der Waals surface area contributed by atoms with E-state index in [0.29, 0.717) is 0 Å². The number of ether oxygens (including phenoxy) is 1. The molecule has 0 radical (unpaired) electrons. The molecule has 10 nitrogen and oxygen atoms in total. The molecule has 0 unspecified atom stereocenters. The number of nitrogens with one attached hydrogen (secondary N) is 2. The third-order valence-electron chi connectivity index (χ3n) is 5.68. The smallest absolute Gasteiger partial charge is 0.413 e. The first kappa shape index (κ1) is 22.3. The molecule has 1 aliphatic carbocycles. The maximum absolute atomic E-state index is 12.6. The van der Waals surface area contributed by atoms with Crippen LogP contribution in [0, 0.1) is 0 Å². The number of carbonyl (C=O) groups is 3. The molecule has 2 heterocycles. The number of carboxylic acid groups (broad SMARTS) is 1. The van der Waals surface area contributed by atoms with Crippen LogP contribution in [-0.4, -0.2) is 44.4 Å². The number of aromatic carboxylic acids is 1. The Kier molecular flexibility index (Phi) is 5.75. The molecule has 176 valence electrons. The fourth-order valence-corrected chi connectivity index (χ4v) is 4.77. The Bertz CT molecular complexity index is 1410. The Morgan fingerprint density at radius 3 is 2.34 bits per heavy atom. The monoisotopic (exact) mass is 489 g/mol. The van der Waals surface area contributed by atoms with E-state index in [2.05, 4.69) is 32.8 Å². The standard InChI is InChI=1S/C24H19N5O5S/c1-29-20(17(10-26-29)22(31)32)27-21(30)19-11-25-23(35-19)28-24(33)34-12-18-15-8-4-2-6-13(15)14-7-3-5-9-16(14)18/h2-11,18H,12H2,1H3,(H,27,30)(H,31,32)(H,25,28,33). The van der Waals surface area contributed by atoms with Crippen molar-refractivity contribution in [2.24, 2.45) is 7.05 Å². The highest BCUT2D eigenvalue weighted by Crippen LogP contribution is 2.44. The van der Waals surface area contributed by atoms with Gasteiger partial charge in [-0.25, -0.2) is 14.6 Å². The van der Waals surface area contributed by atoms with Gasteiger partial charge in [0, 0.05) is 13.0 Å². The minimum absolute atomic E-state index is 0.0435. The molecule has 2 amide bonds. The summed E-state index contributed by atoms with van der Waals surface area (Å²) in [5.74, 6) is -1.82.